The molecule has 0 saturated carbocycles. The molecule has 1 aliphatic heterocycles. The van der Waals surface area contributed by atoms with Gasteiger partial charge in [0.05, 0.1) is 6.54 Å². The third kappa shape index (κ3) is 7.48. The monoisotopic (exact) mass is 319 g/mol. The molecule has 2 unspecified atom stereocenters. The molecule has 1 rings (SSSR count). The summed E-state index contributed by atoms with van der Waals surface area (Å²) in [5, 5.41) is 0. The van der Waals surface area contributed by atoms with E-state index in [1.54, 1.807) is 0 Å². The Morgan fingerprint density at radius 2 is 1.71 bits per heavy atom. The highest BCUT2D eigenvalue weighted by Crippen LogP contribution is 2.18. The van der Waals surface area contributed by atoms with Gasteiger partial charge in [0.1, 0.15) is 0 Å². The second-order valence-electron chi connectivity index (χ2n) is 7.23. The third-order valence-electron chi connectivity index (χ3n) is 3.94. The predicted molar refractivity (Wildman–Crippen MR) is 91.7 cm³/mol. The number of hydrogen-bond donors (Lipinski definition) is 1. The van der Waals surface area contributed by atoms with Gasteiger partial charge in [-0.25, -0.2) is 0 Å². The van der Waals surface area contributed by atoms with Crippen molar-refractivity contribution >= 4 is 18.3 Å². The highest BCUT2D eigenvalue weighted by Gasteiger charge is 2.27. The van der Waals surface area contributed by atoms with Gasteiger partial charge in [0.2, 0.25) is 5.91 Å². The molecule has 0 aromatic heterocycles. The van der Waals surface area contributed by atoms with E-state index in [2.05, 4.69) is 39.5 Å². The molecule has 0 aliphatic carbocycles. The lowest BCUT2D eigenvalue weighted by Crippen LogP contribution is -2.43. The maximum atomic E-state index is 12.5. The van der Waals surface area contributed by atoms with Crippen LogP contribution >= 0.6 is 12.4 Å². The van der Waals surface area contributed by atoms with E-state index in [0.29, 0.717) is 24.3 Å². The number of rotatable bonds is 7. The van der Waals surface area contributed by atoms with Crippen molar-refractivity contribution in [3.05, 3.63) is 0 Å². The molecule has 21 heavy (non-hydrogen) atoms. The fraction of sp³-hybridized carbons (Fsp3) is 0.938. The van der Waals surface area contributed by atoms with Crippen LogP contribution < -0.4 is 5.73 Å². The van der Waals surface area contributed by atoms with Crippen LogP contribution in [0.4, 0.5) is 0 Å². The molecule has 2 N–H and O–H groups in total. The minimum Gasteiger partial charge on any atom is -0.341 e. The molecular weight excluding hydrogens is 286 g/mol. The van der Waals surface area contributed by atoms with Crippen LogP contribution in [0.25, 0.3) is 0 Å². The maximum Gasteiger partial charge on any atom is 0.236 e. The number of likely N-dealkylation sites (tertiary alicyclic amines) is 1. The van der Waals surface area contributed by atoms with Gasteiger partial charge in [-0.05, 0) is 37.6 Å². The zero-order valence-corrected chi connectivity index (χ0v) is 15.2. The second kappa shape index (κ2) is 9.65. The van der Waals surface area contributed by atoms with Gasteiger partial charge in [-0.15, -0.1) is 12.4 Å². The number of carbonyl (C=O) groups is 1. The Hall–Kier alpha value is -0.320. The summed E-state index contributed by atoms with van der Waals surface area (Å²) in [5.41, 5.74) is 5.96. The zero-order valence-electron chi connectivity index (χ0n) is 14.3. The molecule has 0 spiro atoms. The summed E-state index contributed by atoms with van der Waals surface area (Å²) < 4.78 is 0. The van der Waals surface area contributed by atoms with Crippen LogP contribution in [-0.4, -0.2) is 54.5 Å². The van der Waals surface area contributed by atoms with Crippen molar-refractivity contribution in [2.24, 2.45) is 23.5 Å². The molecule has 1 heterocycles. The molecule has 5 heteroatoms. The molecular formula is C16H34ClN3O. The largest absolute Gasteiger partial charge is 0.341 e. The Morgan fingerprint density at radius 3 is 2.10 bits per heavy atom. The van der Waals surface area contributed by atoms with E-state index >= 15 is 0 Å². The molecule has 0 aromatic rings. The first-order chi connectivity index (χ1) is 9.29. The fourth-order valence-electron chi connectivity index (χ4n) is 2.89. The lowest BCUT2D eigenvalue weighted by atomic mass is 10.0. The zero-order chi connectivity index (χ0) is 15.3. The van der Waals surface area contributed by atoms with E-state index in [1.807, 2.05) is 4.90 Å². The molecule has 0 bridgehead atoms. The van der Waals surface area contributed by atoms with E-state index in [0.717, 1.165) is 32.6 Å². The molecule has 1 fully saturated rings. The van der Waals surface area contributed by atoms with Gasteiger partial charge in [0, 0.05) is 25.7 Å². The quantitative estimate of drug-likeness (QED) is 0.783. The van der Waals surface area contributed by atoms with Crippen molar-refractivity contribution in [1.29, 1.82) is 0 Å². The summed E-state index contributed by atoms with van der Waals surface area (Å²) in [6, 6.07) is 0.234. The van der Waals surface area contributed by atoms with Crippen LogP contribution in [0.15, 0.2) is 0 Å². The van der Waals surface area contributed by atoms with Crippen molar-refractivity contribution in [3.63, 3.8) is 0 Å². The Balaban J connectivity index is 0.00000400. The molecule has 4 nitrogen and oxygen atoms in total. The highest BCUT2D eigenvalue weighted by molar-refractivity contribution is 5.85. The average molecular weight is 320 g/mol. The van der Waals surface area contributed by atoms with Crippen molar-refractivity contribution in [2.45, 2.75) is 47.1 Å². The van der Waals surface area contributed by atoms with Gasteiger partial charge in [-0.3, -0.25) is 9.69 Å². The number of nitrogens with zero attached hydrogens (tertiary/aromatic N) is 2. The molecule has 1 saturated heterocycles. The van der Waals surface area contributed by atoms with Crippen LogP contribution in [0.2, 0.25) is 0 Å². The molecule has 2 atom stereocenters. The lowest BCUT2D eigenvalue weighted by molar-refractivity contribution is -0.133. The first kappa shape index (κ1) is 20.7. The van der Waals surface area contributed by atoms with E-state index in [-0.39, 0.29) is 24.4 Å². The number of hydrogen-bond acceptors (Lipinski definition) is 3. The van der Waals surface area contributed by atoms with Crippen molar-refractivity contribution in [1.82, 2.24) is 9.80 Å². The van der Waals surface area contributed by atoms with Gasteiger partial charge in [-0.2, -0.15) is 0 Å². The molecule has 126 valence electrons. The first-order valence-electron chi connectivity index (χ1n) is 8.05. The van der Waals surface area contributed by atoms with Gasteiger partial charge >= 0.3 is 0 Å². The maximum absolute atomic E-state index is 12.5. The third-order valence-corrected chi connectivity index (χ3v) is 3.94. The van der Waals surface area contributed by atoms with Crippen LogP contribution in [0.5, 0.6) is 0 Å². The van der Waals surface area contributed by atoms with E-state index in [9.17, 15) is 4.79 Å². The molecule has 1 amide bonds. The van der Waals surface area contributed by atoms with E-state index < -0.39 is 0 Å². The Labute approximate surface area is 136 Å². The fourth-order valence-corrected chi connectivity index (χ4v) is 2.89. The number of amides is 1. The highest BCUT2D eigenvalue weighted by atomic mass is 35.5. The smallest absolute Gasteiger partial charge is 0.236 e. The molecule has 0 aromatic carbocycles. The Kier molecular flexibility index (Phi) is 9.50. The SMILES string of the molecule is CC(C)CN(CC(C)C)C(=O)CN1CCC(C(C)N)C1.Cl. The topological polar surface area (TPSA) is 49.6 Å². The summed E-state index contributed by atoms with van der Waals surface area (Å²) in [4.78, 5) is 16.8. The van der Waals surface area contributed by atoms with Crippen molar-refractivity contribution < 1.29 is 4.79 Å². The number of nitrogens with two attached hydrogens (primary N) is 1. The second-order valence-corrected chi connectivity index (χ2v) is 7.23. The summed E-state index contributed by atoms with van der Waals surface area (Å²) in [7, 11) is 0. The number of carbonyl (C=O) groups excluding carboxylic acids is 1. The summed E-state index contributed by atoms with van der Waals surface area (Å²) >= 11 is 0. The molecule has 0 radical (unpaired) electrons. The van der Waals surface area contributed by atoms with E-state index in [1.165, 1.54) is 0 Å². The van der Waals surface area contributed by atoms with Crippen molar-refractivity contribution in [2.75, 3.05) is 32.7 Å². The summed E-state index contributed by atoms with van der Waals surface area (Å²) in [6.45, 7) is 15.0. The van der Waals surface area contributed by atoms with Crippen LogP contribution in [0.3, 0.4) is 0 Å². The standard InChI is InChI=1S/C16H33N3O.ClH/c1-12(2)8-19(9-13(3)4)16(20)11-18-7-6-15(10-18)14(5)17;/h12-15H,6-11,17H2,1-5H3;1H. The Morgan fingerprint density at radius 1 is 1.19 bits per heavy atom. The molecule has 1 aliphatic rings. The van der Waals surface area contributed by atoms with Gasteiger partial charge < -0.3 is 10.6 Å². The van der Waals surface area contributed by atoms with Gasteiger partial charge in [-0.1, -0.05) is 27.7 Å². The van der Waals surface area contributed by atoms with E-state index in [4.69, 9.17) is 5.73 Å². The minimum atomic E-state index is 0. The van der Waals surface area contributed by atoms with Crippen molar-refractivity contribution in [3.8, 4) is 0 Å². The first-order valence-corrected chi connectivity index (χ1v) is 8.05. The normalized spacial score (nSPS) is 20.7. The average Bonchev–Trinajstić information content (AvgIpc) is 2.75. The van der Waals surface area contributed by atoms with Gasteiger partial charge in [0.15, 0.2) is 0 Å². The van der Waals surface area contributed by atoms with Crippen LogP contribution in [0.1, 0.15) is 41.0 Å². The van der Waals surface area contributed by atoms with Crippen LogP contribution in [-0.2, 0) is 4.79 Å². The summed E-state index contributed by atoms with van der Waals surface area (Å²) in [6.07, 6.45) is 1.12. The lowest BCUT2D eigenvalue weighted by Gasteiger charge is -2.28. The van der Waals surface area contributed by atoms with Gasteiger partial charge in [0.25, 0.3) is 0 Å². The van der Waals surface area contributed by atoms with Crippen LogP contribution in [0, 0.1) is 17.8 Å². The minimum absolute atomic E-state index is 0. The Bertz CT molecular complexity index is 298. The predicted octanol–water partition coefficient (Wildman–Crippen LogP) is 2.22. The summed E-state index contributed by atoms with van der Waals surface area (Å²) in [5.74, 6) is 1.87. The number of halogens is 1.